The number of ether oxygens (including phenoxy) is 1. The van der Waals surface area contributed by atoms with Gasteiger partial charge < -0.3 is 14.9 Å². The van der Waals surface area contributed by atoms with Gasteiger partial charge in [-0.1, -0.05) is 23.7 Å². The number of carbonyl (C=O) groups excluding carboxylic acids is 2. The molecule has 0 saturated carbocycles. The number of phenolic OH excluding ortho intramolecular Hbond substituents is 1. The van der Waals surface area contributed by atoms with Gasteiger partial charge in [0.1, 0.15) is 28.9 Å². The summed E-state index contributed by atoms with van der Waals surface area (Å²) in [6.07, 6.45) is 0. The Morgan fingerprint density at radius 1 is 1.09 bits per heavy atom. The van der Waals surface area contributed by atoms with E-state index in [0.29, 0.717) is 12.7 Å². The highest BCUT2D eigenvalue weighted by Crippen LogP contribution is 2.44. The summed E-state index contributed by atoms with van der Waals surface area (Å²) < 4.78 is 33.7. The van der Waals surface area contributed by atoms with Gasteiger partial charge in [0.05, 0.1) is 28.9 Å². The third kappa shape index (κ3) is 4.08. The van der Waals surface area contributed by atoms with Gasteiger partial charge in [-0.2, -0.15) is 0 Å². The molecule has 1 heterocycles. The first kappa shape index (κ1) is 23.3. The van der Waals surface area contributed by atoms with Crippen LogP contribution in [0.1, 0.15) is 24.1 Å². The molecule has 0 spiro atoms. The van der Waals surface area contributed by atoms with Crippen LogP contribution in [-0.4, -0.2) is 28.5 Å². The summed E-state index contributed by atoms with van der Waals surface area (Å²) in [6, 6.07) is 11.2. The Labute approximate surface area is 198 Å². The second-order valence-electron chi connectivity index (χ2n) is 7.44. The molecule has 0 aliphatic carbocycles. The number of hydrogen-bond donors (Lipinski definition) is 2. The summed E-state index contributed by atoms with van der Waals surface area (Å²) >= 11 is 6.11. The zero-order valence-corrected chi connectivity index (χ0v) is 18.5. The van der Waals surface area contributed by atoms with Crippen LogP contribution < -0.4 is 9.64 Å². The highest BCUT2D eigenvalue weighted by molar-refractivity contribution is 6.51. The summed E-state index contributed by atoms with van der Waals surface area (Å²) in [5, 5.41) is 21.4. The number of aliphatic hydroxyl groups is 1. The molecule has 9 heteroatoms. The number of ketones is 1. The van der Waals surface area contributed by atoms with Crippen LogP contribution in [0.2, 0.25) is 5.02 Å². The Hall–Kier alpha value is -3.91. The van der Waals surface area contributed by atoms with Crippen molar-refractivity contribution in [1.29, 1.82) is 0 Å². The molecule has 0 bridgehead atoms. The molecule has 0 radical (unpaired) electrons. The Kier molecular flexibility index (Phi) is 6.26. The highest BCUT2D eigenvalue weighted by atomic mass is 35.5. The van der Waals surface area contributed by atoms with Crippen molar-refractivity contribution in [2.24, 2.45) is 0 Å². The minimum atomic E-state index is -1.31. The molecule has 1 unspecified atom stereocenters. The summed E-state index contributed by atoms with van der Waals surface area (Å²) in [5.41, 5.74) is -0.342. The van der Waals surface area contributed by atoms with Crippen molar-refractivity contribution in [1.82, 2.24) is 0 Å². The molecule has 6 nitrogen and oxygen atoms in total. The molecule has 1 atom stereocenters. The number of hydrogen-bond acceptors (Lipinski definition) is 5. The molecule has 3 aromatic carbocycles. The van der Waals surface area contributed by atoms with E-state index in [1.165, 1.54) is 42.5 Å². The molecule has 34 heavy (non-hydrogen) atoms. The van der Waals surface area contributed by atoms with E-state index in [1.54, 1.807) is 6.92 Å². The van der Waals surface area contributed by atoms with Crippen LogP contribution in [0, 0.1) is 11.6 Å². The lowest BCUT2D eigenvalue weighted by molar-refractivity contribution is -0.132. The van der Waals surface area contributed by atoms with E-state index >= 15 is 0 Å². The van der Waals surface area contributed by atoms with Crippen molar-refractivity contribution in [3.8, 4) is 11.5 Å². The fourth-order valence-corrected chi connectivity index (χ4v) is 4.01. The van der Waals surface area contributed by atoms with Crippen molar-refractivity contribution >= 4 is 34.7 Å². The monoisotopic (exact) mass is 485 g/mol. The molecule has 1 aliphatic rings. The van der Waals surface area contributed by atoms with Crippen LogP contribution in [0.5, 0.6) is 11.5 Å². The van der Waals surface area contributed by atoms with Gasteiger partial charge in [-0.15, -0.1) is 0 Å². The van der Waals surface area contributed by atoms with Gasteiger partial charge >= 0.3 is 0 Å². The number of phenols is 1. The lowest BCUT2D eigenvalue weighted by Gasteiger charge is -2.26. The average molecular weight is 486 g/mol. The zero-order valence-electron chi connectivity index (χ0n) is 17.8. The first-order valence-electron chi connectivity index (χ1n) is 10.2. The molecular formula is C25H18ClF2NO5. The number of nitrogens with zero attached hydrogens (tertiary/aromatic N) is 1. The third-order valence-electron chi connectivity index (χ3n) is 5.30. The molecule has 4 rings (SSSR count). The third-order valence-corrected chi connectivity index (χ3v) is 5.62. The number of benzene rings is 3. The fraction of sp³-hybridized carbons (Fsp3) is 0.120. The van der Waals surface area contributed by atoms with Gasteiger partial charge in [0, 0.05) is 11.6 Å². The Morgan fingerprint density at radius 3 is 2.53 bits per heavy atom. The number of aromatic hydroxyl groups is 1. The second kappa shape index (κ2) is 9.15. The van der Waals surface area contributed by atoms with E-state index in [9.17, 15) is 28.6 Å². The SMILES string of the molecule is CCOc1cc(/C(O)=C2\C(=O)C(=O)N(c3ccc(F)cc3F)C2c2cccc(O)c2)ccc1Cl. The standard InChI is InChI=1S/C25H18ClF2NO5/c1-2-34-20-11-14(6-8-17(20)26)23(31)21-22(13-4-3-5-16(30)10-13)29(25(33)24(21)32)19-9-7-15(27)12-18(19)28/h3-12,22,30-31H,2H2,1H3/b23-21+. The molecule has 1 fully saturated rings. The maximum atomic E-state index is 14.7. The summed E-state index contributed by atoms with van der Waals surface area (Å²) in [4.78, 5) is 27.0. The number of halogens is 3. The summed E-state index contributed by atoms with van der Waals surface area (Å²) in [7, 11) is 0. The minimum absolute atomic E-state index is 0.135. The topological polar surface area (TPSA) is 87.1 Å². The van der Waals surface area contributed by atoms with E-state index in [-0.39, 0.29) is 38.9 Å². The number of amides is 1. The van der Waals surface area contributed by atoms with Crippen LogP contribution in [0.3, 0.4) is 0 Å². The smallest absolute Gasteiger partial charge is 0.300 e. The van der Waals surface area contributed by atoms with E-state index < -0.39 is 35.1 Å². The van der Waals surface area contributed by atoms with Gasteiger partial charge in [0.15, 0.2) is 0 Å². The number of rotatable bonds is 5. The lowest BCUT2D eigenvalue weighted by Crippen LogP contribution is -2.30. The molecule has 2 N–H and O–H groups in total. The maximum absolute atomic E-state index is 14.7. The Balaban J connectivity index is 1.96. The number of aliphatic hydroxyl groups excluding tert-OH is 1. The molecule has 3 aromatic rings. The second-order valence-corrected chi connectivity index (χ2v) is 7.85. The molecular weight excluding hydrogens is 468 g/mol. The van der Waals surface area contributed by atoms with Gasteiger partial charge in [0.2, 0.25) is 0 Å². The van der Waals surface area contributed by atoms with E-state index in [1.807, 2.05) is 0 Å². The average Bonchev–Trinajstić information content (AvgIpc) is 3.05. The van der Waals surface area contributed by atoms with Gasteiger partial charge in [-0.25, -0.2) is 8.78 Å². The minimum Gasteiger partial charge on any atom is -0.508 e. The van der Waals surface area contributed by atoms with Crippen LogP contribution >= 0.6 is 11.6 Å². The molecule has 174 valence electrons. The van der Waals surface area contributed by atoms with Crippen LogP contribution in [0.4, 0.5) is 14.5 Å². The van der Waals surface area contributed by atoms with E-state index in [2.05, 4.69) is 0 Å². The first-order valence-corrected chi connectivity index (χ1v) is 10.6. The van der Waals surface area contributed by atoms with Crippen LogP contribution in [-0.2, 0) is 9.59 Å². The van der Waals surface area contributed by atoms with Crippen LogP contribution in [0.15, 0.2) is 66.2 Å². The zero-order chi connectivity index (χ0) is 24.6. The van der Waals surface area contributed by atoms with Gasteiger partial charge in [-0.3, -0.25) is 14.5 Å². The first-order chi connectivity index (χ1) is 16.2. The Morgan fingerprint density at radius 2 is 1.85 bits per heavy atom. The van der Waals surface area contributed by atoms with Crippen LogP contribution in [0.25, 0.3) is 5.76 Å². The fourth-order valence-electron chi connectivity index (χ4n) is 3.84. The predicted octanol–water partition coefficient (Wildman–Crippen LogP) is 5.35. The number of anilines is 1. The molecule has 1 saturated heterocycles. The van der Waals surface area contributed by atoms with Gasteiger partial charge in [-0.05, 0) is 55.0 Å². The van der Waals surface area contributed by atoms with Crippen molar-refractivity contribution < 1.29 is 33.3 Å². The summed E-state index contributed by atoms with van der Waals surface area (Å²) in [6.45, 7) is 2.04. The Bertz CT molecular complexity index is 1340. The summed E-state index contributed by atoms with van der Waals surface area (Å²) in [5.74, 6) is -4.61. The molecule has 1 aliphatic heterocycles. The largest absolute Gasteiger partial charge is 0.508 e. The number of carbonyl (C=O) groups is 2. The van der Waals surface area contributed by atoms with E-state index in [4.69, 9.17) is 16.3 Å². The van der Waals surface area contributed by atoms with Crippen molar-refractivity contribution in [3.63, 3.8) is 0 Å². The predicted molar refractivity (Wildman–Crippen MR) is 122 cm³/mol. The van der Waals surface area contributed by atoms with Crippen molar-refractivity contribution in [3.05, 3.63) is 94.0 Å². The highest BCUT2D eigenvalue weighted by Gasteiger charge is 2.47. The van der Waals surface area contributed by atoms with Crippen molar-refractivity contribution in [2.75, 3.05) is 11.5 Å². The lowest BCUT2D eigenvalue weighted by atomic mass is 9.95. The van der Waals surface area contributed by atoms with E-state index in [0.717, 1.165) is 17.0 Å². The van der Waals surface area contributed by atoms with Crippen molar-refractivity contribution in [2.45, 2.75) is 13.0 Å². The number of Topliss-reactive ketones (excluding diaryl/α,β-unsaturated/α-hetero) is 1. The molecule has 1 amide bonds. The molecule has 0 aromatic heterocycles. The quantitative estimate of drug-likeness (QED) is 0.289. The van der Waals surface area contributed by atoms with Gasteiger partial charge in [0.25, 0.3) is 11.7 Å². The normalized spacial score (nSPS) is 17.3. The maximum Gasteiger partial charge on any atom is 0.300 e.